The zero-order valence-electron chi connectivity index (χ0n) is 11.3. The second kappa shape index (κ2) is 4.58. The molecule has 1 unspecified atom stereocenters. The van der Waals surface area contributed by atoms with Gasteiger partial charge in [0.2, 0.25) is 5.91 Å². The molecular weight excluding hydrogens is 214 g/mol. The van der Waals surface area contributed by atoms with Gasteiger partial charge in [0.25, 0.3) is 0 Å². The molecule has 2 rings (SSSR count). The van der Waals surface area contributed by atoms with Crippen LogP contribution in [-0.4, -0.2) is 53.5 Å². The number of amides is 1. The summed E-state index contributed by atoms with van der Waals surface area (Å²) in [7, 11) is 0. The molecular formula is C13H25N3O. The maximum atomic E-state index is 12.4. The van der Waals surface area contributed by atoms with Crippen molar-refractivity contribution in [3.8, 4) is 0 Å². The van der Waals surface area contributed by atoms with Crippen molar-refractivity contribution < 1.29 is 4.79 Å². The average molecular weight is 239 g/mol. The number of hydrogen-bond acceptors (Lipinski definition) is 3. The first-order chi connectivity index (χ1) is 7.93. The zero-order valence-corrected chi connectivity index (χ0v) is 11.3. The molecule has 2 fully saturated rings. The van der Waals surface area contributed by atoms with Gasteiger partial charge in [-0.2, -0.15) is 0 Å². The lowest BCUT2D eigenvalue weighted by atomic mass is 9.95. The van der Waals surface area contributed by atoms with Gasteiger partial charge in [-0.25, -0.2) is 0 Å². The predicted molar refractivity (Wildman–Crippen MR) is 68.6 cm³/mol. The van der Waals surface area contributed by atoms with Crippen LogP contribution < -0.4 is 5.73 Å². The molecule has 1 saturated carbocycles. The van der Waals surface area contributed by atoms with Gasteiger partial charge in [0.05, 0.1) is 5.54 Å². The Labute approximate surface area is 104 Å². The van der Waals surface area contributed by atoms with Gasteiger partial charge in [0.15, 0.2) is 0 Å². The van der Waals surface area contributed by atoms with Crippen molar-refractivity contribution in [2.24, 2.45) is 11.7 Å². The lowest BCUT2D eigenvalue weighted by molar-refractivity contribution is -0.139. The first-order valence-corrected chi connectivity index (χ1v) is 6.75. The van der Waals surface area contributed by atoms with Gasteiger partial charge < -0.3 is 10.6 Å². The molecule has 17 heavy (non-hydrogen) atoms. The van der Waals surface area contributed by atoms with Crippen LogP contribution in [0.3, 0.4) is 0 Å². The zero-order chi connectivity index (χ0) is 12.6. The van der Waals surface area contributed by atoms with Crippen molar-refractivity contribution in [2.75, 3.05) is 26.2 Å². The van der Waals surface area contributed by atoms with Crippen molar-refractivity contribution in [1.29, 1.82) is 0 Å². The number of carbonyl (C=O) groups excluding carboxylic acids is 1. The Balaban J connectivity index is 1.90. The topological polar surface area (TPSA) is 49.6 Å². The fourth-order valence-corrected chi connectivity index (χ4v) is 2.64. The molecule has 1 atom stereocenters. The van der Waals surface area contributed by atoms with E-state index in [1.165, 1.54) is 0 Å². The summed E-state index contributed by atoms with van der Waals surface area (Å²) in [5.41, 5.74) is 5.56. The summed E-state index contributed by atoms with van der Waals surface area (Å²) in [4.78, 5) is 16.7. The minimum Gasteiger partial charge on any atom is -0.339 e. The Hall–Kier alpha value is -0.610. The standard InChI is InChI=1S/C13H25N3O/c1-10(2)15-6-8-16(9-7-15)12(17)13(3,14)11-4-5-11/h10-11H,4-9,14H2,1-3H3. The van der Waals surface area contributed by atoms with Crippen molar-refractivity contribution in [1.82, 2.24) is 9.80 Å². The van der Waals surface area contributed by atoms with Crippen LogP contribution in [0.5, 0.6) is 0 Å². The van der Waals surface area contributed by atoms with E-state index in [9.17, 15) is 4.79 Å². The summed E-state index contributed by atoms with van der Waals surface area (Å²) in [6.07, 6.45) is 2.23. The second-order valence-corrected chi connectivity index (χ2v) is 5.98. The first-order valence-electron chi connectivity index (χ1n) is 6.75. The molecule has 1 amide bonds. The van der Waals surface area contributed by atoms with E-state index in [1.54, 1.807) is 0 Å². The Morgan fingerprint density at radius 3 is 2.18 bits per heavy atom. The maximum absolute atomic E-state index is 12.4. The molecule has 0 spiro atoms. The number of nitrogens with two attached hydrogens (primary N) is 1. The summed E-state index contributed by atoms with van der Waals surface area (Å²) in [5.74, 6) is 0.571. The predicted octanol–water partition coefficient (Wildman–Crippen LogP) is 0.666. The van der Waals surface area contributed by atoms with Crippen molar-refractivity contribution in [3.63, 3.8) is 0 Å². The van der Waals surface area contributed by atoms with Gasteiger partial charge in [-0.1, -0.05) is 0 Å². The van der Waals surface area contributed by atoms with Crippen LogP contribution in [0.25, 0.3) is 0 Å². The second-order valence-electron chi connectivity index (χ2n) is 5.98. The van der Waals surface area contributed by atoms with E-state index in [0.29, 0.717) is 12.0 Å². The average Bonchev–Trinajstić information content (AvgIpc) is 3.12. The van der Waals surface area contributed by atoms with Crippen LogP contribution >= 0.6 is 0 Å². The lowest BCUT2D eigenvalue weighted by Gasteiger charge is -2.40. The molecule has 1 saturated heterocycles. The molecule has 1 aliphatic heterocycles. The van der Waals surface area contributed by atoms with Crippen molar-refractivity contribution >= 4 is 5.91 Å². The van der Waals surface area contributed by atoms with E-state index in [0.717, 1.165) is 39.0 Å². The van der Waals surface area contributed by atoms with E-state index in [2.05, 4.69) is 18.7 Å². The fourth-order valence-electron chi connectivity index (χ4n) is 2.64. The lowest BCUT2D eigenvalue weighted by Crippen LogP contribution is -2.59. The van der Waals surface area contributed by atoms with Gasteiger partial charge in [-0.3, -0.25) is 9.69 Å². The maximum Gasteiger partial charge on any atom is 0.242 e. The molecule has 4 nitrogen and oxygen atoms in total. The minimum absolute atomic E-state index is 0.156. The van der Waals surface area contributed by atoms with Crippen molar-refractivity contribution in [2.45, 2.75) is 45.2 Å². The van der Waals surface area contributed by atoms with Crippen molar-refractivity contribution in [3.05, 3.63) is 0 Å². The summed E-state index contributed by atoms with van der Waals surface area (Å²) >= 11 is 0. The summed E-state index contributed by atoms with van der Waals surface area (Å²) in [5, 5.41) is 0. The number of carbonyl (C=O) groups is 1. The highest BCUT2D eigenvalue weighted by Crippen LogP contribution is 2.39. The number of hydrogen-bond donors (Lipinski definition) is 1. The third-order valence-electron chi connectivity index (χ3n) is 4.22. The Morgan fingerprint density at radius 1 is 1.24 bits per heavy atom. The minimum atomic E-state index is -0.625. The van der Waals surface area contributed by atoms with Crippen LogP contribution in [0, 0.1) is 5.92 Å². The number of piperazine rings is 1. The van der Waals surface area contributed by atoms with Crippen LogP contribution in [0.15, 0.2) is 0 Å². The molecule has 0 aromatic heterocycles. The third kappa shape index (κ3) is 2.63. The molecule has 1 heterocycles. The van der Waals surface area contributed by atoms with Crippen LogP contribution in [0.4, 0.5) is 0 Å². The third-order valence-corrected chi connectivity index (χ3v) is 4.22. The van der Waals surface area contributed by atoms with Gasteiger partial charge in [-0.05, 0) is 39.5 Å². The monoisotopic (exact) mass is 239 g/mol. The number of rotatable bonds is 3. The fraction of sp³-hybridized carbons (Fsp3) is 0.923. The van der Waals surface area contributed by atoms with Crippen LogP contribution in [0.2, 0.25) is 0 Å². The normalized spacial score (nSPS) is 26.1. The van der Waals surface area contributed by atoms with E-state index in [1.807, 2.05) is 11.8 Å². The van der Waals surface area contributed by atoms with Crippen LogP contribution in [-0.2, 0) is 4.79 Å². The molecule has 98 valence electrons. The van der Waals surface area contributed by atoms with Gasteiger partial charge in [0, 0.05) is 32.2 Å². The summed E-state index contributed by atoms with van der Waals surface area (Å²) in [6, 6.07) is 0.569. The summed E-state index contributed by atoms with van der Waals surface area (Å²) < 4.78 is 0. The van der Waals surface area contributed by atoms with E-state index in [-0.39, 0.29) is 5.91 Å². The molecule has 4 heteroatoms. The molecule has 0 radical (unpaired) electrons. The Morgan fingerprint density at radius 2 is 1.76 bits per heavy atom. The molecule has 1 aliphatic carbocycles. The highest BCUT2D eigenvalue weighted by atomic mass is 16.2. The van der Waals surface area contributed by atoms with E-state index < -0.39 is 5.54 Å². The molecule has 2 N–H and O–H groups in total. The highest BCUT2D eigenvalue weighted by molar-refractivity contribution is 5.86. The Bertz CT molecular complexity index is 289. The molecule has 0 aromatic rings. The highest BCUT2D eigenvalue weighted by Gasteiger charge is 2.46. The molecule has 0 bridgehead atoms. The van der Waals surface area contributed by atoms with E-state index in [4.69, 9.17) is 5.73 Å². The SMILES string of the molecule is CC(C)N1CCN(C(=O)C(C)(N)C2CC2)CC1. The largest absolute Gasteiger partial charge is 0.339 e. The summed E-state index contributed by atoms with van der Waals surface area (Å²) in [6.45, 7) is 9.92. The Kier molecular flexibility index (Phi) is 3.46. The molecule has 2 aliphatic rings. The van der Waals surface area contributed by atoms with Gasteiger partial charge >= 0.3 is 0 Å². The first kappa shape index (κ1) is 12.8. The van der Waals surface area contributed by atoms with E-state index >= 15 is 0 Å². The van der Waals surface area contributed by atoms with Gasteiger partial charge in [0.1, 0.15) is 0 Å². The van der Waals surface area contributed by atoms with Gasteiger partial charge in [-0.15, -0.1) is 0 Å². The molecule has 0 aromatic carbocycles. The quantitative estimate of drug-likeness (QED) is 0.787. The number of nitrogens with zero attached hydrogens (tertiary/aromatic N) is 2. The smallest absolute Gasteiger partial charge is 0.242 e. The van der Waals surface area contributed by atoms with Crippen LogP contribution in [0.1, 0.15) is 33.6 Å².